The fraction of sp³-hybridized carbons (Fsp3) is 0.833. The Balaban J connectivity index is 2.52. The molecule has 0 bridgehead atoms. The first kappa shape index (κ1) is 20.6. The van der Waals surface area contributed by atoms with E-state index in [1.54, 1.807) is 6.92 Å². The molecule has 1 saturated heterocycles. The first-order valence-corrected chi connectivity index (χ1v) is 8.88. The van der Waals surface area contributed by atoms with Crippen LogP contribution in [0.15, 0.2) is 0 Å². The minimum Gasteiger partial charge on any atom is -0.464 e. The summed E-state index contributed by atoms with van der Waals surface area (Å²) in [6.07, 6.45) is 0.107. The minimum atomic E-state index is -0.791. The summed E-state index contributed by atoms with van der Waals surface area (Å²) in [7, 11) is 0. The molecule has 3 atom stereocenters. The van der Waals surface area contributed by atoms with Gasteiger partial charge in [-0.2, -0.15) is 0 Å². The molecule has 6 heteroatoms. The number of Topliss-reactive ketones (excluding diaryl/α,β-unsaturated/α-hetero) is 1. The van der Waals surface area contributed by atoms with Crippen molar-refractivity contribution in [2.45, 2.75) is 66.1 Å². The van der Waals surface area contributed by atoms with Gasteiger partial charge in [0, 0.05) is 18.9 Å². The number of rotatable bonds is 11. The first-order valence-electron chi connectivity index (χ1n) is 8.88. The lowest BCUT2D eigenvalue weighted by Gasteiger charge is -2.18. The first-order chi connectivity index (χ1) is 11.3. The van der Waals surface area contributed by atoms with Gasteiger partial charge >= 0.3 is 5.97 Å². The standard InChI is InChI=1S/C18H31NO5/c1-6-23-18(22)16-15(24-16)14(20)10-13(9-12(4)5)17(21)19-8-7-11(2)3/h11-13,15-16H,6-10H2,1-5H3,(H,19,21)/t13?,15-,16+/m1/s1. The molecule has 24 heavy (non-hydrogen) atoms. The Morgan fingerprint density at radius 1 is 1.08 bits per heavy atom. The summed E-state index contributed by atoms with van der Waals surface area (Å²) in [4.78, 5) is 36.2. The summed E-state index contributed by atoms with van der Waals surface area (Å²) in [5.74, 6) is -0.349. The van der Waals surface area contributed by atoms with Crippen molar-refractivity contribution in [1.29, 1.82) is 0 Å². The van der Waals surface area contributed by atoms with Gasteiger partial charge in [-0.3, -0.25) is 9.59 Å². The fourth-order valence-corrected chi connectivity index (χ4v) is 2.60. The largest absolute Gasteiger partial charge is 0.464 e. The topological polar surface area (TPSA) is 85.0 Å². The van der Waals surface area contributed by atoms with E-state index in [4.69, 9.17) is 9.47 Å². The van der Waals surface area contributed by atoms with Gasteiger partial charge in [0.25, 0.3) is 0 Å². The highest BCUT2D eigenvalue weighted by molar-refractivity contribution is 5.96. The van der Waals surface area contributed by atoms with Crippen LogP contribution in [0, 0.1) is 17.8 Å². The van der Waals surface area contributed by atoms with Crippen molar-refractivity contribution in [2.75, 3.05) is 13.2 Å². The summed E-state index contributed by atoms with van der Waals surface area (Å²) in [6.45, 7) is 10.8. The maximum absolute atomic E-state index is 12.4. The molecule has 1 heterocycles. The fourth-order valence-electron chi connectivity index (χ4n) is 2.60. The van der Waals surface area contributed by atoms with E-state index in [-0.39, 0.29) is 30.6 Å². The molecule has 0 aromatic carbocycles. The van der Waals surface area contributed by atoms with E-state index in [1.807, 2.05) is 13.8 Å². The molecule has 1 fully saturated rings. The lowest BCUT2D eigenvalue weighted by molar-refractivity contribution is -0.144. The van der Waals surface area contributed by atoms with Crippen LogP contribution in [0.5, 0.6) is 0 Å². The zero-order valence-electron chi connectivity index (χ0n) is 15.5. The molecule has 0 saturated carbocycles. The average Bonchev–Trinajstić information content (AvgIpc) is 3.26. The van der Waals surface area contributed by atoms with Gasteiger partial charge < -0.3 is 14.8 Å². The van der Waals surface area contributed by atoms with Gasteiger partial charge in [0.05, 0.1) is 6.61 Å². The number of hydrogen-bond donors (Lipinski definition) is 1. The van der Waals surface area contributed by atoms with Crippen LogP contribution in [-0.4, -0.2) is 43.0 Å². The zero-order chi connectivity index (χ0) is 18.3. The molecule has 6 nitrogen and oxygen atoms in total. The molecule has 0 radical (unpaired) electrons. The Bertz CT molecular complexity index is 447. The number of ether oxygens (including phenoxy) is 2. The SMILES string of the molecule is CCOC(=O)[C@H]1O[C@@H]1C(=O)CC(CC(C)C)C(=O)NCCC(C)C. The quantitative estimate of drug-likeness (QED) is 0.459. The summed E-state index contributed by atoms with van der Waals surface area (Å²) in [5.41, 5.74) is 0. The van der Waals surface area contributed by atoms with Gasteiger partial charge in [0.15, 0.2) is 18.0 Å². The van der Waals surface area contributed by atoms with Crippen LogP contribution in [0.2, 0.25) is 0 Å². The van der Waals surface area contributed by atoms with Crippen LogP contribution in [0.3, 0.4) is 0 Å². The van der Waals surface area contributed by atoms with Gasteiger partial charge in [-0.25, -0.2) is 4.79 Å². The van der Waals surface area contributed by atoms with Crippen molar-refractivity contribution >= 4 is 17.7 Å². The van der Waals surface area contributed by atoms with Crippen molar-refractivity contribution in [3.63, 3.8) is 0 Å². The van der Waals surface area contributed by atoms with E-state index in [0.717, 1.165) is 6.42 Å². The smallest absolute Gasteiger partial charge is 0.338 e. The van der Waals surface area contributed by atoms with Crippen LogP contribution in [0.4, 0.5) is 0 Å². The number of hydrogen-bond acceptors (Lipinski definition) is 5. The van der Waals surface area contributed by atoms with E-state index < -0.39 is 18.2 Å². The molecular formula is C18H31NO5. The number of nitrogens with one attached hydrogen (secondary N) is 1. The summed E-state index contributed by atoms with van der Waals surface area (Å²) in [5, 5.41) is 2.91. The van der Waals surface area contributed by atoms with E-state index >= 15 is 0 Å². The third-order valence-electron chi connectivity index (χ3n) is 3.92. The Labute approximate surface area is 144 Å². The second-order valence-corrected chi connectivity index (χ2v) is 7.20. The number of carbonyl (C=O) groups is 3. The van der Waals surface area contributed by atoms with Crippen molar-refractivity contribution in [1.82, 2.24) is 5.32 Å². The number of epoxide rings is 1. The lowest BCUT2D eigenvalue weighted by atomic mass is 9.90. The van der Waals surface area contributed by atoms with Crippen molar-refractivity contribution in [3.05, 3.63) is 0 Å². The van der Waals surface area contributed by atoms with E-state index in [9.17, 15) is 14.4 Å². The molecule has 0 aromatic heterocycles. The van der Waals surface area contributed by atoms with Crippen LogP contribution >= 0.6 is 0 Å². The number of ketones is 1. The van der Waals surface area contributed by atoms with Crippen LogP contribution in [0.25, 0.3) is 0 Å². The van der Waals surface area contributed by atoms with Crippen molar-refractivity contribution in [2.24, 2.45) is 17.8 Å². The molecule has 1 N–H and O–H groups in total. The molecule has 1 unspecified atom stereocenters. The lowest BCUT2D eigenvalue weighted by Crippen LogP contribution is -2.35. The van der Waals surface area contributed by atoms with E-state index in [0.29, 0.717) is 24.8 Å². The van der Waals surface area contributed by atoms with Crippen LogP contribution < -0.4 is 5.32 Å². The second-order valence-electron chi connectivity index (χ2n) is 7.20. The van der Waals surface area contributed by atoms with Crippen LogP contribution in [-0.2, 0) is 23.9 Å². The Morgan fingerprint density at radius 3 is 2.29 bits per heavy atom. The van der Waals surface area contributed by atoms with Crippen LogP contribution in [0.1, 0.15) is 53.9 Å². The number of esters is 1. The summed E-state index contributed by atoms with van der Waals surface area (Å²) < 4.78 is 9.98. The highest BCUT2D eigenvalue weighted by Crippen LogP contribution is 2.28. The predicted octanol–water partition coefficient (Wildman–Crippen LogP) is 2.10. The average molecular weight is 341 g/mol. The molecule has 0 aliphatic carbocycles. The monoisotopic (exact) mass is 341 g/mol. The zero-order valence-corrected chi connectivity index (χ0v) is 15.5. The molecule has 138 valence electrons. The van der Waals surface area contributed by atoms with Gasteiger partial charge in [-0.05, 0) is 31.6 Å². The van der Waals surface area contributed by atoms with Crippen molar-refractivity contribution < 1.29 is 23.9 Å². The molecule has 1 aliphatic rings. The van der Waals surface area contributed by atoms with Crippen molar-refractivity contribution in [3.8, 4) is 0 Å². The molecule has 0 spiro atoms. The maximum Gasteiger partial charge on any atom is 0.338 e. The molecule has 0 aromatic rings. The normalized spacial score (nSPS) is 20.8. The molecular weight excluding hydrogens is 310 g/mol. The Morgan fingerprint density at radius 2 is 1.75 bits per heavy atom. The third kappa shape index (κ3) is 6.99. The maximum atomic E-state index is 12.4. The molecule has 1 aliphatic heterocycles. The van der Waals surface area contributed by atoms with E-state index in [1.165, 1.54) is 0 Å². The minimum absolute atomic E-state index is 0.0916. The second kappa shape index (κ2) is 9.77. The highest BCUT2D eigenvalue weighted by atomic mass is 16.6. The van der Waals surface area contributed by atoms with E-state index in [2.05, 4.69) is 19.2 Å². The Kier molecular flexibility index (Phi) is 8.39. The summed E-state index contributed by atoms with van der Waals surface area (Å²) >= 11 is 0. The number of amides is 1. The molecule has 1 amide bonds. The highest BCUT2D eigenvalue weighted by Gasteiger charge is 2.51. The van der Waals surface area contributed by atoms with Gasteiger partial charge in [-0.15, -0.1) is 0 Å². The predicted molar refractivity (Wildman–Crippen MR) is 90.3 cm³/mol. The van der Waals surface area contributed by atoms with Gasteiger partial charge in [0.1, 0.15) is 0 Å². The third-order valence-corrected chi connectivity index (χ3v) is 3.92. The van der Waals surface area contributed by atoms with Gasteiger partial charge in [0.2, 0.25) is 5.91 Å². The summed E-state index contributed by atoms with van der Waals surface area (Å²) in [6, 6.07) is 0. The molecule has 1 rings (SSSR count). The number of carbonyl (C=O) groups excluding carboxylic acids is 3. The Hall–Kier alpha value is -1.43. The van der Waals surface area contributed by atoms with Gasteiger partial charge in [-0.1, -0.05) is 27.7 Å².